The van der Waals surface area contributed by atoms with Crippen LogP contribution in [0.3, 0.4) is 0 Å². The summed E-state index contributed by atoms with van der Waals surface area (Å²) in [5.74, 6) is 1.87. The molecule has 2 rings (SSSR count). The predicted molar refractivity (Wildman–Crippen MR) is 67.7 cm³/mol. The van der Waals surface area contributed by atoms with E-state index in [1.807, 2.05) is 6.92 Å². The lowest BCUT2D eigenvalue weighted by molar-refractivity contribution is -0.132. The van der Waals surface area contributed by atoms with E-state index in [-0.39, 0.29) is 5.91 Å². The zero-order valence-electron chi connectivity index (χ0n) is 11.1. The Kier molecular flexibility index (Phi) is 3.96. The zero-order chi connectivity index (χ0) is 13.1. The number of hydrogen-bond donors (Lipinski definition) is 1. The Bertz CT molecular complexity index is 428. The van der Waals surface area contributed by atoms with Crippen LogP contribution in [-0.4, -0.2) is 38.7 Å². The Hall–Kier alpha value is -1.43. The van der Waals surface area contributed by atoms with Crippen LogP contribution in [0.2, 0.25) is 0 Å². The number of aryl methyl sites for hydroxylation is 1. The minimum atomic E-state index is -0.402. The summed E-state index contributed by atoms with van der Waals surface area (Å²) in [5.41, 5.74) is 5.84. The van der Waals surface area contributed by atoms with Crippen LogP contribution >= 0.6 is 0 Å². The number of carbonyl (C=O) groups excluding carboxylic acids is 1. The molecule has 0 spiro atoms. The fraction of sp³-hybridized carbons (Fsp3) is 0.750. The number of likely N-dealkylation sites (N-methyl/N-ethyl adjacent to an activating group) is 1. The maximum absolute atomic E-state index is 12.0. The van der Waals surface area contributed by atoms with Gasteiger partial charge in [0, 0.05) is 20.0 Å². The van der Waals surface area contributed by atoms with Crippen molar-refractivity contribution in [2.24, 2.45) is 5.73 Å². The SMILES string of the molecule is CCC[C@@H](N)C(=O)N(C)Cc1nnc2n1CCC2. The maximum atomic E-state index is 12.0. The topological polar surface area (TPSA) is 77.0 Å². The maximum Gasteiger partial charge on any atom is 0.239 e. The molecule has 2 N–H and O–H groups in total. The Balaban J connectivity index is 1.98. The summed E-state index contributed by atoms with van der Waals surface area (Å²) < 4.78 is 2.11. The van der Waals surface area contributed by atoms with Crippen molar-refractivity contribution in [1.82, 2.24) is 19.7 Å². The fourth-order valence-corrected chi connectivity index (χ4v) is 2.34. The van der Waals surface area contributed by atoms with Gasteiger partial charge in [-0.2, -0.15) is 0 Å². The molecule has 1 aromatic heterocycles. The molecule has 18 heavy (non-hydrogen) atoms. The highest BCUT2D eigenvalue weighted by molar-refractivity contribution is 5.81. The molecule has 6 heteroatoms. The summed E-state index contributed by atoms with van der Waals surface area (Å²) in [6.45, 7) is 3.47. The molecule has 1 amide bonds. The van der Waals surface area contributed by atoms with Gasteiger partial charge in [0.25, 0.3) is 0 Å². The van der Waals surface area contributed by atoms with Crippen molar-refractivity contribution in [3.05, 3.63) is 11.6 Å². The van der Waals surface area contributed by atoms with Crippen LogP contribution in [0, 0.1) is 0 Å². The number of fused-ring (bicyclic) bond motifs is 1. The van der Waals surface area contributed by atoms with Crippen LogP contribution in [0.4, 0.5) is 0 Å². The smallest absolute Gasteiger partial charge is 0.239 e. The minimum absolute atomic E-state index is 0.0211. The van der Waals surface area contributed by atoms with Crippen molar-refractivity contribution in [3.8, 4) is 0 Å². The molecule has 0 aromatic carbocycles. The van der Waals surface area contributed by atoms with Crippen LogP contribution in [0.1, 0.15) is 37.8 Å². The Morgan fingerprint density at radius 1 is 1.56 bits per heavy atom. The molecule has 100 valence electrons. The summed E-state index contributed by atoms with van der Waals surface area (Å²) in [4.78, 5) is 13.7. The average Bonchev–Trinajstić information content (AvgIpc) is 2.93. The second-order valence-corrected chi connectivity index (χ2v) is 4.88. The molecular weight excluding hydrogens is 230 g/mol. The standard InChI is InChI=1S/C12H21N5O/c1-3-5-9(13)12(18)16(2)8-11-15-14-10-6-4-7-17(10)11/h9H,3-8,13H2,1-2H3/t9-/m1/s1. The lowest BCUT2D eigenvalue weighted by Crippen LogP contribution is -2.41. The van der Waals surface area contributed by atoms with E-state index < -0.39 is 6.04 Å². The molecule has 0 bridgehead atoms. The van der Waals surface area contributed by atoms with Crippen molar-refractivity contribution in [2.45, 2.75) is 51.7 Å². The van der Waals surface area contributed by atoms with Gasteiger partial charge in [-0.1, -0.05) is 13.3 Å². The first kappa shape index (κ1) is 13.0. The molecule has 1 atom stereocenters. The summed E-state index contributed by atoms with van der Waals surface area (Å²) in [6.07, 6.45) is 3.74. The van der Waals surface area contributed by atoms with E-state index >= 15 is 0 Å². The summed E-state index contributed by atoms with van der Waals surface area (Å²) in [7, 11) is 1.77. The number of aromatic nitrogens is 3. The molecule has 0 unspecified atom stereocenters. The molecule has 0 fully saturated rings. The molecular formula is C12H21N5O. The van der Waals surface area contributed by atoms with Crippen LogP contribution in [-0.2, 0) is 24.3 Å². The largest absolute Gasteiger partial charge is 0.337 e. The Morgan fingerprint density at radius 3 is 3.06 bits per heavy atom. The number of rotatable bonds is 5. The summed E-state index contributed by atoms with van der Waals surface area (Å²) in [5, 5.41) is 8.28. The van der Waals surface area contributed by atoms with Gasteiger partial charge < -0.3 is 15.2 Å². The number of carbonyl (C=O) groups is 1. The first-order valence-electron chi connectivity index (χ1n) is 6.55. The third-order valence-electron chi connectivity index (χ3n) is 3.36. The quantitative estimate of drug-likeness (QED) is 0.817. The van der Waals surface area contributed by atoms with E-state index in [9.17, 15) is 4.79 Å². The van der Waals surface area contributed by atoms with Gasteiger partial charge in [0.2, 0.25) is 5.91 Å². The first-order valence-corrected chi connectivity index (χ1v) is 6.55. The van der Waals surface area contributed by atoms with E-state index in [1.165, 1.54) is 0 Å². The lowest BCUT2D eigenvalue weighted by atomic mass is 10.1. The van der Waals surface area contributed by atoms with E-state index in [4.69, 9.17) is 5.73 Å². The monoisotopic (exact) mass is 251 g/mol. The van der Waals surface area contributed by atoms with Crippen molar-refractivity contribution in [1.29, 1.82) is 0 Å². The molecule has 0 radical (unpaired) electrons. The zero-order valence-corrected chi connectivity index (χ0v) is 11.1. The van der Waals surface area contributed by atoms with Crippen LogP contribution in [0.25, 0.3) is 0 Å². The molecule has 0 saturated heterocycles. The minimum Gasteiger partial charge on any atom is -0.337 e. The van der Waals surface area contributed by atoms with E-state index in [0.29, 0.717) is 6.54 Å². The van der Waals surface area contributed by atoms with Crippen molar-refractivity contribution < 1.29 is 4.79 Å². The second kappa shape index (κ2) is 5.48. The van der Waals surface area contributed by atoms with Gasteiger partial charge in [0.1, 0.15) is 5.82 Å². The number of amides is 1. The highest BCUT2D eigenvalue weighted by atomic mass is 16.2. The van der Waals surface area contributed by atoms with Crippen LogP contribution < -0.4 is 5.73 Å². The summed E-state index contributed by atoms with van der Waals surface area (Å²) >= 11 is 0. The third kappa shape index (κ3) is 2.53. The van der Waals surface area contributed by atoms with Gasteiger partial charge in [-0.15, -0.1) is 10.2 Å². The van der Waals surface area contributed by atoms with Crippen molar-refractivity contribution in [3.63, 3.8) is 0 Å². The van der Waals surface area contributed by atoms with Gasteiger partial charge in [0.05, 0.1) is 12.6 Å². The van der Waals surface area contributed by atoms with Gasteiger partial charge in [0.15, 0.2) is 5.82 Å². The molecule has 0 saturated carbocycles. The molecule has 2 heterocycles. The van der Waals surface area contributed by atoms with Gasteiger partial charge in [-0.25, -0.2) is 0 Å². The van der Waals surface area contributed by atoms with Crippen LogP contribution in [0.15, 0.2) is 0 Å². The fourth-order valence-electron chi connectivity index (χ4n) is 2.34. The molecule has 1 aliphatic rings. The predicted octanol–water partition coefficient (Wildman–Crippen LogP) is 0.310. The van der Waals surface area contributed by atoms with E-state index in [0.717, 1.165) is 43.9 Å². The lowest BCUT2D eigenvalue weighted by Gasteiger charge is -2.20. The molecule has 1 aromatic rings. The second-order valence-electron chi connectivity index (χ2n) is 4.88. The van der Waals surface area contributed by atoms with E-state index in [1.54, 1.807) is 11.9 Å². The first-order chi connectivity index (χ1) is 8.63. The van der Waals surface area contributed by atoms with Gasteiger partial charge >= 0.3 is 0 Å². The summed E-state index contributed by atoms with van der Waals surface area (Å²) in [6, 6.07) is -0.402. The molecule has 0 aliphatic carbocycles. The van der Waals surface area contributed by atoms with Crippen molar-refractivity contribution >= 4 is 5.91 Å². The van der Waals surface area contributed by atoms with Gasteiger partial charge in [-0.3, -0.25) is 4.79 Å². The Labute approximate surface area is 107 Å². The molecule has 1 aliphatic heterocycles. The highest BCUT2D eigenvalue weighted by Gasteiger charge is 2.22. The van der Waals surface area contributed by atoms with Crippen LogP contribution in [0.5, 0.6) is 0 Å². The van der Waals surface area contributed by atoms with E-state index in [2.05, 4.69) is 14.8 Å². The number of hydrogen-bond acceptors (Lipinski definition) is 4. The van der Waals surface area contributed by atoms with Crippen molar-refractivity contribution in [2.75, 3.05) is 7.05 Å². The Morgan fingerprint density at radius 2 is 2.33 bits per heavy atom. The molecule has 6 nitrogen and oxygen atoms in total. The third-order valence-corrected chi connectivity index (χ3v) is 3.36. The number of nitrogens with zero attached hydrogens (tertiary/aromatic N) is 4. The van der Waals surface area contributed by atoms with Gasteiger partial charge in [-0.05, 0) is 12.8 Å². The normalized spacial score (nSPS) is 15.5. The average molecular weight is 251 g/mol. The highest BCUT2D eigenvalue weighted by Crippen LogP contribution is 2.15. The number of nitrogens with two attached hydrogens (primary N) is 1.